The third kappa shape index (κ3) is 4.76. The van der Waals surface area contributed by atoms with Crippen LogP contribution in [0, 0.1) is 0 Å². The Labute approximate surface area is 190 Å². The molecule has 2 aliphatic rings. The Bertz CT molecular complexity index is 952. The Morgan fingerprint density at radius 3 is 2.47 bits per heavy atom. The lowest BCUT2D eigenvalue weighted by atomic mass is 9.90. The van der Waals surface area contributed by atoms with Crippen LogP contribution in [0.1, 0.15) is 29.2 Å². The van der Waals surface area contributed by atoms with Crippen LogP contribution in [0.4, 0.5) is 0 Å². The minimum Gasteiger partial charge on any atom is -0.481 e. The molecule has 5 N–H and O–H groups in total. The second-order valence-corrected chi connectivity index (χ2v) is 8.51. The molecule has 2 heterocycles. The standard InChI is InChI=1S/C23H26ClNO7/c24-16-6-3-13(22-21(29)20(28)19(27)18(11-26)32-22)10-14(16)9-12-1-4-15(5-2-12)31-17-7-8-25-23(17)30/h1-6,10,17-22,26-29H,7-9,11H2,(H,25,30)/t17?,18?,19-,20+,21-,22+/m1/s1. The third-order valence-electron chi connectivity index (χ3n) is 5.89. The molecule has 2 aromatic rings. The molecule has 8 nitrogen and oxygen atoms in total. The van der Waals surface area contributed by atoms with E-state index in [2.05, 4.69) is 5.32 Å². The number of aliphatic hydroxyl groups excluding tert-OH is 4. The van der Waals surface area contributed by atoms with Crippen LogP contribution >= 0.6 is 11.6 Å². The summed E-state index contributed by atoms with van der Waals surface area (Å²) in [7, 11) is 0. The maximum Gasteiger partial charge on any atom is 0.261 e. The van der Waals surface area contributed by atoms with Gasteiger partial charge in [-0.3, -0.25) is 4.79 Å². The van der Waals surface area contributed by atoms with Crippen molar-refractivity contribution in [3.05, 3.63) is 64.2 Å². The topological polar surface area (TPSA) is 128 Å². The van der Waals surface area contributed by atoms with E-state index in [1.165, 1.54) is 0 Å². The van der Waals surface area contributed by atoms with Gasteiger partial charge in [0.1, 0.15) is 36.3 Å². The maximum absolute atomic E-state index is 11.7. The third-order valence-corrected chi connectivity index (χ3v) is 6.25. The summed E-state index contributed by atoms with van der Waals surface area (Å²) in [5.74, 6) is 0.503. The minimum atomic E-state index is -1.44. The molecule has 0 aromatic heterocycles. The highest BCUT2D eigenvalue weighted by Gasteiger charge is 2.44. The number of hydrogen-bond donors (Lipinski definition) is 5. The summed E-state index contributed by atoms with van der Waals surface area (Å²) in [6.07, 6.45) is -5.44. The number of ether oxygens (including phenoxy) is 2. The summed E-state index contributed by atoms with van der Waals surface area (Å²) in [6.45, 7) is 0.129. The van der Waals surface area contributed by atoms with Gasteiger partial charge in [0.05, 0.1) is 6.61 Å². The SMILES string of the molecule is O=C1NCCC1Oc1ccc(Cc2cc([C@@H]3OC(CO)[C@@H](O)[C@H](O)[C@H]3O)ccc2Cl)cc1. The molecule has 0 radical (unpaired) electrons. The van der Waals surface area contributed by atoms with Crippen molar-refractivity contribution in [2.45, 2.75) is 49.5 Å². The average Bonchev–Trinajstić information content (AvgIpc) is 3.19. The molecule has 2 aliphatic heterocycles. The molecule has 0 saturated carbocycles. The Kier molecular flexibility index (Phi) is 6.99. The summed E-state index contributed by atoms with van der Waals surface area (Å²) in [5, 5.41) is 43.2. The van der Waals surface area contributed by atoms with Gasteiger partial charge < -0.3 is 35.2 Å². The van der Waals surface area contributed by atoms with Gasteiger partial charge in [0.2, 0.25) is 0 Å². The number of amides is 1. The number of nitrogens with one attached hydrogen (secondary N) is 1. The number of aliphatic hydroxyl groups is 4. The number of hydrogen-bond acceptors (Lipinski definition) is 7. The fourth-order valence-electron chi connectivity index (χ4n) is 4.04. The van der Waals surface area contributed by atoms with E-state index in [1.807, 2.05) is 12.1 Å². The van der Waals surface area contributed by atoms with Crippen molar-refractivity contribution >= 4 is 17.5 Å². The van der Waals surface area contributed by atoms with Gasteiger partial charge in [0, 0.05) is 18.0 Å². The number of carbonyl (C=O) groups excluding carboxylic acids is 1. The van der Waals surface area contributed by atoms with Crippen LogP contribution in [0.3, 0.4) is 0 Å². The van der Waals surface area contributed by atoms with Crippen molar-refractivity contribution in [2.24, 2.45) is 0 Å². The van der Waals surface area contributed by atoms with E-state index in [0.717, 1.165) is 11.1 Å². The molecule has 172 valence electrons. The molecule has 2 aromatic carbocycles. The van der Waals surface area contributed by atoms with Crippen LogP contribution in [-0.2, 0) is 16.0 Å². The number of rotatable bonds is 6. The van der Waals surface area contributed by atoms with Crippen LogP contribution in [0.2, 0.25) is 5.02 Å². The van der Waals surface area contributed by atoms with E-state index in [0.29, 0.717) is 35.7 Å². The van der Waals surface area contributed by atoms with Crippen LogP contribution in [0.15, 0.2) is 42.5 Å². The zero-order valence-electron chi connectivity index (χ0n) is 17.2. The van der Waals surface area contributed by atoms with Crippen molar-refractivity contribution in [3.8, 4) is 5.75 Å². The summed E-state index contributed by atoms with van der Waals surface area (Å²) >= 11 is 6.39. The van der Waals surface area contributed by atoms with Gasteiger partial charge in [0.25, 0.3) is 5.91 Å². The maximum atomic E-state index is 11.7. The largest absolute Gasteiger partial charge is 0.481 e. The van der Waals surface area contributed by atoms with Crippen molar-refractivity contribution in [2.75, 3.05) is 13.2 Å². The van der Waals surface area contributed by atoms with E-state index in [1.54, 1.807) is 30.3 Å². The number of halogens is 1. The number of carbonyl (C=O) groups is 1. The first-order valence-corrected chi connectivity index (χ1v) is 10.9. The average molecular weight is 464 g/mol. The zero-order valence-corrected chi connectivity index (χ0v) is 18.0. The van der Waals surface area contributed by atoms with Gasteiger partial charge in [-0.2, -0.15) is 0 Å². The lowest BCUT2D eigenvalue weighted by Crippen LogP contribution is -2.55. The Hall–Kier alpha value is -2.20. The predicted octanol–water partition coefficient (Wildman–Crippen LogP) is 0.713. The first kappa shape index (κ1) is 23.0. The van der Waals surface area contributed by atoms with Gasteiger partial charge in [-0.25, -0.2) is 0 Å². The lowest BCUT2D eigenvalue weighted by molar-refractivity contribution is -0.231. The van der Waals surface area contributed by atoms with Crippen molar-refractivity contribution in [1.29, 1.82) is 0 Å². The van der Waals surface area contributed by atoms with Crippen molar-refractivity contribution < 1.29 is 34.7 Å². The van der Waals surface area contributed by atoms with Gasteiger partial charge in [0.15, 0.2) is 6.10 Å². The molecule has 2 saturated heterocycles. The van der Waals surface area contributed by atoms with E-state index in [4.69, 9.17) is 21.1 Å². The van der Waals surface area contributed by atoms with Crippen LogP contribution in [0.25, 0.3) is 0 Å². The van der Waals surface area contributed by atoms with Crippen molar-refractivity contribution in [3.63, 3.8) is 0 Å². The first-order valence-electron chi connectivity index (χ1n) is 10.5. The molecule has 2 unspecified atom stereocenters. The highest BCUT2D eigenvalue weighted by atomic mass is 35.5. The molecule has 9 heteroatoms. The molecular weight excluding hydrogens is 438 g/mol. The molecule has 2 fully saturated rings. The minimum absolute atomic E-state index is 0.106. The Balaban J connectivity index is 1.49. The molecule has 0 spiro atoms. The van der Waals surface area contributed by atoms with Crippen LogP contribution in [-0.4, -0.2) is 70.0 Å². The van der Waals surface area contributed by atoms with Crippen molar-refractivity contribution in [1.82, 2.24) is 5.32 Å². The first-order chi connectivity index (χ1) is 15.4. The fraction of sp³-hybridized carbons (Fsp3) is 0.435. The number of benzene rings is 2. The van der Waals surface area contributed by atoms with Gasteiger partial charge in [-0.15, -0.1) is 0 Å². The highest BCUT2D eigenvalue weighted by Crippen LogP contribution is 2.34. The van der Waals surface area contributed by atoms with Gasteiger partial charge in [-0.1, -0.05) is 35.9 Å². The van der Waals surface area contributed by atoms with E-state index in [9.17, 15) is 25.2 Å². The molecule has 1 amide bonds. The van der Waals surface area contributed by atoms with Crippen LogP contribution in [0.5, 0.6) is 5.75 Å². The fourth-order valence-corrected chi connectivity index (χ4v) is 4.22. The second kappa shape index (κ2) is 9.74. The molecule has 0 bridgehead atoms. The smallest absolute Gasteiger partial charge is 0.261 e. The molecule has 32 heavy (non-hydrogen) atoms. The highest BCUT2D eigenvalue weighted by molar-refractivity contribution is 6.31. The van der Waals surface area contributed by atoms with E-state index in [-0.39, 0.29) is 5.91 Å². The summed E-state index contributed by atoms with van der Waals surface area (Å²) in [5.41, 5.74) is 2.32. The predicted molar refractivity (Wildman–Crippen MR) is 115 cm³/mol. The molecular formula is C23H26ClNO7. The van der Waals surface area contributed by atoms with Gasteiger partial charge >= 0.3 is 0 Å². The van der Waals surface area contributed by atoms with E-state index >= 15 is 0 Å². The summed E-state index contributed by atoms with van der Waals surface area (Å²) in [4.78, 5) is 11.7. The molecule has 4 rings (SSSR count). The zero-order chi connectivity index (χ0) is 22.8. The Morgan fingerprint density at radius 2 is 1.81 bits per heavy atom. The molecule has 0 aliphatic carbocycles. The lowest BCUT2D eigenvalue weighted by Gasteiger charge is -2.40. The van der Waals surface area contributed by atoms with Crippen LogP contribution < -0.4 is 10.1 Å². The summed E-state index contributed by atoms with van der Waals surface area (Å²) < 4.78 is 11.4. The quantitative estimate of drug-likeness (QED) is 0.427. The molecule has 6 atom stereocenters. The summed E-state index contributed by atoms with van der Waals surface area (Å²) in [6, 6.07) is 12.5. The second-order valence-electron chi connectivity index (χ2n) is 8.11. The van der Waals surface area contributed by atoms with Gasteiger partial charge in [-0.05, 0) is 41.3 Å². The monoisotopic (exact) mass is 463 g/mol. The van der Waals surface area contributed by atoms with E-state index < -0.39 is 43.2 Å². The normalized spacial score (nSPS) is 30.2. The Morgan fingerprint density at radius 1 is 1.06 bits per heavy atom.